The van der Waals surface area contributed by atoms with Crippen LogP contribution in [0.15, 0.2) is 4.99 Å². The van der Waals surface area contributed by atoms with Crippen molar-refractivity contribution in [3.05, 3.63) is 0 Å². The van der Waals surface area contributed by atoms with E-state index in [0.29, 0.717) is 11.5 Å². The summed E-state index contributed by atoms with van der Waals surface area (Å²) in [6.45, 7) is 3.52. The number of aliphatic imine (C=N–C) groups is 1. The Bertz CT molecular complexity index is 328. The first-order chi connectivity index (χ1) is 9.26. The van der Waals surface area contributed by atoms with Crippen molar-refractivity contribution in [2.45, 2.75) is 51.0 Å². The maximum absolute atomic E-state index is 4.87. The van der Waals surface area contributed by atoms with Crippen LogP contribution in [-0.4, -0.2) is 48.5 Å². The average Bonchev–Trinajstić information content (AvgIpc) is 2.45. The number of piperidine rings is 1. The van der Waals surface area contributed by atoms with Crippen molar-refractivity contribution in [2.24, 2.45) is 10.4 Å². The maximum Gasteiger partial charge on any atom is 0.156 e. The molecule has 3 aliphatic rings. The quantitative estimate of drug-likeness (QED) is 0.801. The summed E-state index contributed by atoms with van der Waals surface area (Å²) in [7, 11) is 2.22. The number of amidine groups is 1. The molecule has 4 heteroatoms. The van der Waals surface area contributed by atoms with Gasteiger partial charge in [0.05, 0.1) is 0 Å². The SMILES string of the molecule is CN1CCC(NC2=NCC3(CCCCC3)CS2)CC1. The van der Waals surface area contributed by atoms with E-state index in [1.54, 1.807) is 0 Å². The largest absolute Gasteiger partial charge is 0.362 e. The Kier molecular flexibility index (Phi) is 4.37. The van der Waals surface area contributed by atoms with E-state index in [-0.39, 0.29) is 0 Å². The number of thioether (sulfide) groups is 1. The Hall–Kier alpha value is -0.220. The molecule has 0 aromatic heterocycles. The standard InChI is InChI=1S/C15H27N3S/c1-18-9-5-13(6-10-18)17-14-16-11-15(12-19-14)7-3-2-4-8-15/h13H,2-12H2,1H3,(H,16,17). The van der Waals surface area contributed by atoms with Crippen LogP contribution >= 0.6 is 11.8 Å². The predicted octanol–water partition coefficient (Wildman–Crippen LogP) is 2.72. The molecule has 1 saturated heterocycles. The number of nitrogens with one attached hydrogen (secondary N) is 1. The zero-order valence-electron chi connectivity index (χ0n) is 12.2. The van der Waals surface area contributed by atoms with Crippen molar-refractivity contribution >= 4 is 16.9 Å². The van der Waals surface area contributed by atoms with Gasteiger partial charge in [-0.3, -0.25) is 4.99 Å². The number of hydrogen-bond acceptors (Lipinski definition) is 4. The van der Waals surface area contributed by atoms with Gasteiger partial charge in [0.1, 0.15) is 0 Å². The minimum absolute atomic E-state index is 0.556. The average molecular weight is 281 g/mol. The third kappa shape index (κ3) is 3.46. The van der Waals surface area contributed by atoms with Gasteiger partial charge in [-0.05, 0) is 51.2 Å². The Morgan fingerprint density at radius 1 is 1.21 bits per heavy atom. The molecule has 2 heterocycles. The monoisotopic (exact) mass is 281 g/mol. The highest BCUT2D eigenvalue weighted by atomic mass is 32.2. The molecule has 0 unspecified atom stereocenters. The fourth-order valence-corrected chi connectivity index (χ4v) is 4.80. The lowest BCUT2D eigenvalue weighted by Crippen LogP contribution is -2.44. The van der Waals surface area contributed by atoms with Gasteiger partial charge in [0, 0.05) is 18.3 Å². The molecule has 0 radical (unpaired) electrons. The normalized spacial score (nSPS) is 29.2. The molecule has 2 fully saturated rings. The van der Waals surface area contributed by atoms with E-state index in [2.05, 4.69) is 17.3 Å². The molecule has 1 aliphatic carbocycles. The van der Waals surface area contributed by atoms with Crippen LogP contribution in [-0.2, 0) is 0 Å². The van der Waals surface area contributed by atoms with E-state index >= 15 is 0 Å². The molecule has 0 amide bonds. The molecule has 1 N–H and O–H groups in total. The van der Waals surface area contributed by atoms with Crippen LogP contribution in [0.2, 0.25) is 0 Å². The summed E-state index contributed by atoms with van der Waals surface area (Å²) in [6.07, 6.45) is 9.64. The molecular weight excluding hydrogens is 254 g/mol. The maximum atomic E-state index is 4.87. The van der Waals surface area contributed by atoms with Gasteiger partial charge >= 0.3 is 0 Å². The Labute approximate surface area is 121 Å². The van der Waals surface area contributed by atoms with Crippen LogP contribution in [0.25, 0.3) is 0 Å². The second-order valence-corrected chi connectivity index (χ2v) is 7.66. The molecule has 2 aliphatic heterocycles. The topological polar surface area (TPSA) is 27.6 Å². The van der Waals surface area contributed by atoms with Crippen LogP contribution in [0.5, 0.6) is 0 Å². The van der Waals surface area contributed by atoms with Crippen LogP contribution in [0, 0.1) is 5.41 Å². The highest BCUT2D eigenvalue weighted by Crippen LogP contribution is 2.41. The van der Waals surface area contributed by atoms with Crippen molar-refractivity contribution in [1.29, 1.82) is 0 Å². The summed E-state index contributed by atoms with van der Waals surface area (Å²) >= 11 is 1.99. The van der Waals surface area contributed by atoms with E-state index in [4.69, 9.17) is 4.99 Å². The fraction of sp³-hybridized carbons (Fsp3) is 0.933. The van der Waals surface area contributed by atoms with Gasteiger partial charge in [0.15, 0.2) is 5.17 Å². The molecule has 0 aromatic carbocycles. The molecule has 0 atom stereocenters. The van der Waals surface area contributed by atoms with Gasteiger partial charge in [-0.1, -0.05) is 31.0 Å². The lowest BCUT2D eigenvalue weighted by atomic mass is 9.75. The van der Waals surface area contributed by atoms with Crippen molar-refractivity contribution in [3.8, 4) is 0 Å². The van der Waals surface area contributed by atoms with Crippen molar-refractivity contribution in [3.63, 3.8) is 0 Å². The molecule has 108 valence electrons. The molecule has 0 aromatic rings. The third-order valence-electron chi connectivity index (χ3n) is 5.03. The number of hydrogen-bond donors (Lipinski definition) is 1. The zero-order valence-corrected chi connectivity index (χ0v) is 13.0. The Morgan fingerprint density at radius 2 is 1.95 bits per heavy atom. The second kappa shape index (κ2) is 6.04. The molecule has 1 saturated carbocycles. The summed E-state index contributed by atoms with van der Waals surface area (Å²) < 4.78 is 0. The van der Waals surface area contributed by atoms with Crippen molar-refractivity contribution in [2.75, 3.05) is 32.4 Å². The third-order valence-corrected chi connectivity index (χ3v) is 6.31. The first-order valence-corrected chi connectivity index (χ1v) is 8.87. The van der Waals surface area contributed by atoms with E-state index in [1.807, 2.05) is 11.8 Å². The number of nitrogens with zero attached hydrogens (tertiary/aromatic N) is 2. The van der Waals surface area contributed by atoms with Crippen LogP contribution < -0.4 is 5.32 Å². The highest BCUT2D eigenvalue weighted by Gasteiger charge is 2.35. The minimum atomic E-state index is 0.556. The Morgan fingerprint density at radius 3 is 2.58 bits per heavy atom. The molecule has 3 nitrogen and oxygen atoms in total. The van der Waals surface area contributed by atoms with Crippen molar-refractivity contribution in [1.82, 2.24) is 10.2 Å². The van der Waals surface area contributed by atoms with E-state index in [0.717, 1.165) is 6.54 Å². The van der Waals surface area contributed by atoms with E-state index in [9.17, 15) is 0 Å². The molecular formula is C15H27N3S. The molecule has 0 bridgehead atoms. The summed E-state index contributed by atoms with van der Waals surface area (Å²) in [5.41, 5.74) is 0.556. The smallest absolute Gasteiger partial charge is 0.156 e. The summed E-state index contributed by atoms with van der Waals surface area (Å²) in [4.78, 5) is 7.30. The van der Waals surface area contributed by atoms with Gasteiger partial charge in [-0.2, -0.15) is 0 Å². The van der Waals surface area contributed by atoms with Crippen LogP contribution in [0.3, 0.4) is 0 Å². The minimum Gasteiger partial charge on any atom is -0.362 e. The highest BCUT2D eigenvalue weighted by molar-refractivity contribution is 8.13. The van der Waals surface area contributed by atoms with Gasteiger partial charge in [0.25, 0.3) is 0 Å². The first-order valence-electron chi connectivity index (χ1n) is 7.88. The summed E-state index contributed by atoms with van der Waals surface area (Å²) in [5, 5.41) is 4.91. The van der Waals surface area contributed by atoms with E-state index < -0.39 is 0 Å². The van der Waals surface area contributed by atoms with Crippen molar-refractivity contribution < 1.29 is 0 Å². The first kappa shape index (κ1) is 13.7. The molecule has 1 spiro atoms. The lowest BCUT2D eigenvalue weighted by molar-refractivity contribution is 0.230. The summed E-state index contributed by atoms with van der Waals surface area (Å²) in [6, 6.07) is 0.655. The van der Waals surface area contributed by atoms with E-state index in [1.165, 1.54) is 69.0 Å². The summed E-state index contributed by atoms with van der Waals surface area (Å²) in [5.74, 6) is 1.30. The van der Waals surface area contributed by atoms with Crippen LogP contribution in [0.4, 0.5) is 0 Å². The number of rotatable bonds is 1. The molecule has 3 rings (SSSR count). The van der Waals surface area contributed by atoms with Gasteiger partial charge < -0.3 is 10.2 Å². The van der Waals surface area contributed by atoms with Gasteiger partial charge in [-0.15, -0.1) is 0 Å². The van der Waals surface area contributed by atoms with Crippen LogP contribution in [0.1, 0.15) is 44.9 Å². The molecule has 19 heavy (non-hydrogen) atoms. The van der Waals surface area contributed by atoms with Gasteiger partial charge in [0.2, 0.25) is 0 Å². The second-order valence-electron chi connectivity index (χ2n) is 6.69. The number of likely N-dealkylation sites (tertiary alicyclic amines) is 1. The fourth-order valence-electron chi connectivity index (χ4n) is 3.57. The lowest BCUT2D eigenvalue weighted by Gasteiger charge is -2.39. The zero-order chi connectivity index (χ0) is 13.1. The predicted molar refractivity (Wildman–Crippen MR) is 83.9 cm³/mol. The Balaban J connectivity index is 1.50. The van der Waals surface area contributed by atoms with Gasteiger partial charge in [-0.25, -0.2) is 0 Å².